The lowest BCUT2D eigenvalue weighted by Gasteiger charge is -2.35. The van der Waals surface area contributed by atoms with Crippen LogP contribution in [-0.2, 0) is 4.79 Å². The monoisotopic (exact) mass is 196 g/mol. The molecular formula is C9H16N4O. The van der Waals surface area contributed by atoms with Crippen LogP contribution in [0.2, 0.25) is 0 Å². The van der Waals surface area contributed by atoms with Crippen molar-refractivity contribution in [2.45, 2.75) is 6.92 Å². The molecule has 0 saturated carbocycles. The van der Waals surface area contributed by atoms with E-state index in [1.807, 2.05) is 6.92 Å². The third kappa shape index (κ3) is 1.41. The molecule has 3 N–H and O–H groups in total. The van der Waals surface area contributed by atoms with Crippen molar-refractivity contribution in [2.75, 3.05) is 20.6 Å². The lowest BCUT2D eigenvalue weighted by Crippen LogP contribution is -2.46. The van der Waals surface area contributed by atoms with E-state index in [1.165, 1.54) is 4.90 Å². The van der Waals surface area contributed by atoms with E-state index >= 15 is 0 Å². The van der Waals surface area contributed by atoms with Crippen LogP contribution < -0.4 is 11.1 Å². The highest BCUT2D eigenvalue weighted by molar-refractivity contribution is 5.95. The zero-order valence-corrected chi connectivity index (χ0v) is 8.79. The Hall–Kier alpha value is -1.65. The van der Waals surface area contributed by atoms with Gasteiger partial charge in [0.05, 0.1) is 0 Å². The highest BCUT2D eigenvalue weighted by atomic mass is 16.2. The van der Waals surface area contributed by atoms with E-state index < -0.39 is 0 Å². The molecule has 5 heteroatoms. The number of nitrogens with one attached hydrogen (secondary N) is 1. The second-order valence-electron chi connectivity index (χ2n) is 3.13. The van der Waals surface area contributed by atoms with Crippen molar-refractivity contribution >= 4 is 5.91 Å². The first-order chi connectivity index (χ1) is 6.50. The second-order valence-corrected chi connectivity index (χ2v) is 3.13. The summed E-state index contributed by atoms with van der Waals surface area (Å²) in [6.07, 6.45) is 0. The van der Waals surface area contributed by atoms with Gasteiger partial charge in [0, 0.05) is 20.6 Å². The van der Waals surface area contributed by atoms with Gasteiger partial charge in [-0.25, -0.2) is 0 Å². The van der Waals surface area contributed by atoms with Gasteiger partial charge in [-0.15, -0.1) is 0 Å². The van der Waals surface area contributed by atoms with Gasteiger partial charge in [-0.3, -0.25) is 9.69 Å². The van der Waals surface area contributed by atoms with E-state index in [9.17, 15) is 4.79 Å². The summed E-state index contributed by atoms with van der Waals surface area (Å²) < 4.78 is 0. The van der Waals surface area contributed by atoms with Gasteiger partial charge in [-0.1, -0.05) is 6.58 Å². The van der Waals surface area contributed by atoms with Crippen LogP contribution in [0.15, 0.2) is 23.9 Å². The number of rotatable bonds is 2. The van der Waals surface area contributed by atoms with Crippen molar-refractivity contribution in [2.24, 2.45) is 5.73 Å². The molecule has 0 aromatic heterocycles. The molecule has 0 saturated heterocycles. The summed E-state index contributed by atoms with van der Waals surface area (Å²) in [7, 11) is 3.45. The van der Waals surface area contributed by atoms with E-state index in [2.05, 4.69) is 11.9 Å². The van der Waals surface area contributed by atoms with E-state index in [0.29, 0.717) is 23.9 Å². The normalized spacial score (nSPS) is 17.9. The topological polar surface area (TPSA) is 61.6 Å². The SMILES string of the molecule is C=C1N(C)C(=O)C(NCC)=C(N)N1C. The molecule has 0 spiro atoms. The van der Waals surface area contributed by atoms with Gasteiger partial charge in [0.15, 0.2) is 0 Å². The van der Waals surface area contributed by atoms with Gasteiger partial charge >= 0.3 is 0 Å². The molecule has 0 aliphatic carbocycles. The van der Waals surface area contributed by atoms with Crippen LogP contribution in [-0.4, -0.2) is 36.3 Å². The van der Waals surface area contributed by atoms with Gasteiger partial charge in [0.25, 0.3) is 5.91 Å². The zero-order chi connectivity index (χ0) is 10.9. The minimum Gasteiger partial charge on any atom is -0.383 e. The number of hydrogen-bond donors (Lipinski definition) is 2. The molecule has 0 fully saturated rings. The van der Waals surface area contributed by atoms with Crippen LogP contribution in [0, 0.1) is 0 Å². The number of amides is 1. The molecule has 1 aliphatic heterocycles. The summed E-state index contributed by atoms with van der Waals surface area (Å²) in [6.45, 7) is 6.34. The van der Waals surface area contributed by atoms with Crippen LogP contribution >= 0.6 is 0 Å². The summed E-state index contributed by atoms with van der Waals surface area (Å²) in [5.74, 6) is 0.849. The summed E-state index contributed by atoms with van der Waals surface area (Å²) in [6, 6.07) is 0. The molecule has 0 radical (unpaired) electrons. The van der Waals surface area contributed by atoms with Crippen LogP contribution in [0.5, 0.6) is 0 Å². The van der Waals surface area contributed by atoms with Gasteiger partial charge in [0.1, 0.15) is 17.3 Å². The minimum absolute atomic E-state index is 0.146. The van der Waals surface area contributed by atoms with Crippen molar-refractivity contribution in [3.8, 4) is 0 Å². The van der Waals surface area contributed by atoms with E-state index in [1.54, 1.807) is 19.0 Å². The molecule has 1 amide bonds. The number of nitrogens with two attached hydrogens (primary N) is 1. The molecule has 0 aromatic carbocycles. The molecule has 0 unspecified atom stereocenters. The smallest absolute Gasteiger partial charge is 0.278 e. The fraction of sp³-hybridized carbons (Fsp3) is 0.444. The molecule has 0 bridgehead atoms. The minimum atomic E-state index is -0.146. The Morgan fingerprint density at radius 2 is 2.00 bits per heavy atom. The van der Waals surface area contributed by atoms with Crippen LogP contribution in [0.4, 0.5) is 0 Å². The lowest BCUT2D eigenvalue weighted by molar-refractivity contribution is -0.126. The Bertz CT molecular complexity index is 308. The summed E-state index contributed by atoms with van der Waals surface area (Å²) in [5, 5.41) is 2.95. The average molecular weight is 196 g/mol. The Kier molecular flexibility index (Phi) is 2.69. The van der Waals surface area contributed by atoms with Gasteiger partial charge in [-0.2, -0.15) is 0 Å². The Labute approximate surface area is 83.8 Å². The molecule has 0 atom stereocenters. The third-order valence-corrected chi connectivity index (χ3v) is 2.26. The molecular weight excluding hydrogens is 180 g/mol. The molecule has 5 nitrogen and oxygen atoms in total. The molecule has 1 aliphatic rings. The predicted octanol–water partition coefficient (Wildman–Crippen LogP) is -0.401. The molecule has 1 rings (SSSR count). The Balaban J connectivity index is 3.10. The van der Waals surface area contributed by atoms with Crippen molar-refractivity contribution in [3.63, 3.8) is 0 Å². The molecule has 78 valence electrons. The van der Waals surface area contributed by atoms with Gasteiger partial charge in [-0.05, 0) is 6.92 Å². The van der Waals surface area contributed by atoms with Gasteiger partial charge in [0.2, 0.25) is 0 Å². The van der Waals surface area contributed by atoms with Crippen molar-refractivity contribution in [1.82, 2.24) is 15.1 Å². The van der Waals surface area contributed by atoms with Crippen LogP contribution in [0.3, 0.4) is 0 Å². The highest BCUT2D eigenvalue weighted by Crippen LogP contribution is 2.18. The van der Waals surface area contributed by atoms with Crippen molar-refractivity contribution in [1.29, 1.82) is 0 Å². The highest BCUT2D eigenvalue weighted by Gasteiger charge is 2.28. The summed E-state index contributed by atoms with van der Waals surface area (Å²) in [5.41, 5.74) is 6.22. The largest absolute Gasteiger partial charge is 0.383 e. The van der Waals surface area contributed by atoms with E-state index in [0.717, 1.165) is 0 Å². The van der Waals surface area contributed by atoms with Crippen molar-refractivity contribution in [3.05, 3.63) is 23.9 Å². The standard InChI is InChI=1S/C9H16N4O/c1-5-11-7-8(10)12(3)6(2)13(4)9(7)14/h11H,2,5,10H2,1,3-4H3. The zero-order valence-electron chi connectivity index (χ0n) is 8.79. The molecule has 0 aromatic rings. The third-order valence-electron chi connectivity index (χ3n) is 2.26. The summed E-state index contributed by atoms with van der Waals surface area (Å²) in [4.78, 5) is 14.9. The summed E-state index contributed by atoms with van der Waals surface area (Å²) >= 11 is 0. The van der Waals surface area contributed by atoms with Crippen LogP contribution in [0.25, 0.3) is 0 Å². The van der Waals surface area contributed by atoms with Gasteiger partial charge < -0.3 is 16.0 Å². The maximum atomic E-state index is 11.7. The number of carbonyl (C=O) groups is 1. The van der Waals surface area contributed by atoms with Crippen molar-refractivity contribution < 1.29 is 4.79 Å². The number of hydrogen-bond acceptors (Lipinski definition) is 4. The first-order valence-corrected chi connectivity index (χ1v) is 4.45. The second kappa shape index (κ2) is 3.61. The first-order valence-electron chi connectivity index (χ1n) is 4.45. The van der Waals surface area contributed by atoms with E-state index in [-0.39, 0.29) is 5.91 Å². The first kappa shape index (κ1) is 10.4. The maximum Gasteiger partial charge on any atom is 0.278 e. The number of carbonyl (C=O) groups excluding carboxylic acids is 1. The number of likely N-dealkylation sites (N-methyl/N-ethyl adjacent to an activating group) is 2. The maximum absolute atomic E-state index is 11.7. The quantitative estimate of drug-likeness (QED) is 0.631. The number of nitrogens with zero attached hydrogens (tertiary/aromatic N) is 2. The van der Waals surface area contributed by atoms with E-state index in [4.69, 9.17) is 5.73 Å². The predicted molar refractivity (Wildman–Crippen MR) is 54.6 cm³/mol. The lowest BCUT2D eigenvalue weighted by atomic mass is 10.3. The fourth-order valence-corrected chi connectivity index (χ4v) is 1.27. The molecule has 14 heavy (non-hydrogen) atoms. The average Bonchev–Trinajstić information content (AvgIpc) is 2.19. The Morgan fingerprint density at radius 3 is 2.50 bits per heavy atom. The van der Waals surface area contributed by atoms with Crippen LogP contribution in [0.1, 0.15) is 6.92 Å². The molecule has 1 heterocycles. The Morgan fingerprint density at radius 1 is 1.43 bits per heavy atom. The fourth-order valence-electron chi connectivity index (χ4n) is 1.27.